The average Bonchev–Trinajstić information content (AvgIpc) is 2.77. The van der Waals surface area contributed by atoms with Gasteiger partial charge in [-0.3, -0.25) is 4.72 Å². The van der Waals surface area contributed by atoms with Crippen molar-refractivity contribution < 1.29 is 4.74 Å². The van der Waals surface area contributed by atoms with E-state index in [9.17, 15) is 0 Å². The van der Waals surface area contributed by atoms with Crippen molar-refractivity contribution in [2.24, 2.45) is 0 Å². The van der Waals surface area contributed by atoms with E-state index in [1.165, 1.54) is 25.7 Å². The largest absolute Gasteiger partial charge is 0.370 e. The monoisotopic (exact) mass is 189 g/mol. The molecule has 0 aliphatic carbocycles. The lowest BCUT2D eigenvalue weighted by Gasteiger charge is -2.04. The number of nitrogens with one attached hydrogen (secondary N) is 1. The molecule has 1 aliphatic rings. The molecule has 0 bridgehead atoms. The fraction of sp³-hybridized carbons (Fsp3) is 1.00. The van der Waals surface area contributed by atoms with Gasteiger partial charge in [-0.1, -0.05) is 24.8 Å². The van der Waals surface area contributed by atoms with Crippen molar-refractivity contribution in [3.05, 3.63) is 0 Å². The fourth-order valence-corrected chi connectivity index (χ4v) is 1.59. The van der Waals surface area contributed by atoms with E-state index in [4.69, 9.17) is 4.74 Å². The summed E-state index contributed by atoms with van der Waals surface area (Å²) in [5.74, 6) is 0. The molecule has 1 saturated heterocycles. The van der Waals surface area contributed by atoms with E-state index in [0.717, 1.165) is 13.2 Å². The summed E-state index contributed by atoms with van der Waals surface area (Å²) < 4.78 is 8.55. The first-order valence-corrected chi connectivity index (χ1v) is 5.89. The Morgan fingerprint density at radius 3 is 2.75 bits per heavy atom. The van der Waals surface area contributed by atoms with Crippen LogP contribution in [0, 0.1) is 0 Å². The molecule has 0 spiro atoms. The summed E-state index contributed by atoms with van der Waals surface area (Å²) in [6, 6.07) is 0. The van der Waals surface area contributed by atoms with Gasteiger partial charge in [0.2, 0.25) is 0 Å². The van der Waals surface area contributed by atoms with E-state index in [2.05, 4.69) is 17.9 Å². The summed E-state index contributed by atoms with van der Waals surface area (Å²) in [5, 5.41) is 0. The van der Waals surface area contributed by atoms with Crippen molar-refractivity contribution in [3.63, 3.8) is 0 Å². The van der Waals surface area contributed by atoms with Gasteiger partial charge in [-0.2, -0.15) is 0 Å². The lowest BCUT2D eigenvalue weighted by atomic mass is 10.0. The van der Waals surface area contributed by atoms with Crippen molar-refractivity contribution in [2.75, 3.05) is 19.4 Å². The van der Waals surface area contributed by atoms with Crippen molar-refractivity contribution in [1.82, 2.24) is 4.72 Å². The lowest BCUT2D eigenvalue weighted by Crippen LogP contribution is -2.06. The van der Waals surface area contributed by atoms with Gasteiger partial charge in [0, 0.05) is 6.54 Å². The lowest BCUT2D eigenvalue weighted by molar-refractivity contribution is 0.301. The molecule has 1 atom stereocenters. The van der Waals surface area contributed by atoms with Crippen LogP contribution < -0.4 is 4.72 Å². The molecule has 1 N–H and O–H groups in total. The van der Waals surface area contributed by atoms with E-state index >= 15 is 0 Å². The maximum atomic E-state index is 5.30. The van der Waals surface area contributed by atoms with Crippen LogP contribution in [0.4, 0.5) is 0 Å². The molecule has 72 valence electrons. The molecular weight excluding hydrogens is 170 g/mol. The number of ether oxygens (including phenoxy) is 1. The third-order valence-electron chi connectivity index (χ3n) is 2.27. The van der Waals surface area contributed by atoms with Crippen LogP contribution in [0.15, 0.2) is 0 Å². The Hall–Kier alpha value is 0.270. The molecule has 1 rings (SSSR count). The van der Waals surface area contributed by atoms with Gasteiger partial charge in [0.05, 0.1) is 12.2 Å². The maximum absolute atomic E-state index is 5.30. The molecule has 0 aromatic heterocycles. The van der Waals surface area contributed by atoms with Crippen LogP contribution in [0.2, 0.25) is 0 Å². The second-order valence-corrected chi connectivity index (χ2v) is 4.34. The number of hydrogen-bond acceptors (Lipinski definition) is 3. The summed E-state index contributed by atoms with van der Waals surface area (Å²) in [4.78, 5) is 0. The molecule has 2 nitrogen and oxygen atoms in total. The molecule has 0 amide bonds. The Labute approximate surface area is 79.6 Å². The SMILES string of the molecule is CSNCCCCCC1(C)CO1. The van der Waals surface area contributed by atoms with Crippen molar-refractivity contribution in [3.8, 4) is 0 Å². The molecule has 0 aromatic carbocycles. The Balaban J connectivity index is 1.77. The summed E-state index contributed by atoms with van der Waals surface area (Å²) in [7, 11) is 0. The second kappa shape index (κ2) is 5.10. The Morgan fingerprint density at radius 2 is 2.17 bits per heavy atom. The molecule has 12 heavy (non-hydrogen) atoms. The van der Waals surface area contributed by atoms with Crippen LogP contribution in [0.5, 0.6) is 0 Å². The highest BCUT2D eigenvalue weighted by Crippen LogP contribution is 2.31. The molecular formula is C9H19NOS. The molecule has 1 fully saturated rings. The number of unbranched alkanes of at least 4 members (excludes halogenated alkanes) is 2. The molecule has 0 aromatic rings. The Morgan fingerprint density at radius 1 is 1.42 bits per heavy atom. The highest BCUT2D eigenvalue weighted by molar-refractivity contribution is 7.96. The smallest absolute Gasteiger partial charge is 0.0888 e. The van der Waals surface area contributed by atoms with Crippen LogP contribution in [0.25, 0.3) is 0 Å². The fourth-order valence-electron chi connectivity index (χ4n) is 1.24. The van der Waals surface area contributed by atoms with Gasteiger partial charge in [0.15, 0.2) is 0 Å². The molecule has 0 radical (unpaired) electrons. The van der Waals surface area contributed by atoms with Crippen molar-refractivity contribution in [2.45, 2.75) is 38.2 Å². The molecule has 0 saturated carbocycles. The van der Waals surface area contributed by atoms with Crippen molar-refractivity contribution in [1.29, 1.82) is 0 Å². The van der Waals surface area contributed by atoms with Crippen molar-refractivity contribution >= 4 is 11.9 Å². The van der Waals surface area contributed by atoms with Crippen LogP contribution >= 0.6 is 11.9 Å². The Kier molecular flexibility index (Phi) is 4.40. The topological polar surface area (TPSA) is 24.6 Å². The van der Waals surface area contributed by atoms with Crippen LogP contribution in [-0.4, -0.2) is 25.0 Å². The highest BCUT2D eigenvalue weighted by atomic mass is 32.2. The molecule has 3 heteroatoms. The normalized spacial score (nSPS) is 27.5. The van der Waals surface area contributed by atoms with E-state index in [0.29, 0.717) is 0 Å². The number of rotatable bonds is 7. The second-order valence-electron chi connectivity index (χ2n) is 3.65. The van der Waals surface area contributed by atoms with Gasteiger partial charge in [0.1, 0.15) is 0 Å². The first-order valence-electron chi connectivity index (χ1n) is 4.67. The molecule has 1 aliphatic heterocycles. The molecule has 1 heterocycles. The standard InChI is InChI=1S/C9H19NOS/c1-9(8-11-9)6-4-3-5-7-10-12-2/h10H,3-8H2,1-2H3. The minimum Gasteiger partial charge on any atom is -0.370 e. The van der Waals surface area contributed by atoms with Gasteiger partial charge in [-0.25, -0.2) is 0 Å². The number of hydrogen-bond donors (Lipinski definition) is 1. The summed E-state index contributed by atoms with van der Waals surface area (Å²) >= 11 is 1.70. The van der Waals surface area contributed by atoms with Gasteiger partial charge in [-0.15, -0.1) is 0 Å². The van der Waals surface area contributed by atoms with Gasteiger partial charge >= 0.3 is 0 Å². The highest BCUT2D eigenvalue weighted by Gasteiger charge is 2.37. The first-order chi connectivity index (χ1) is 5.77. The van der Waals surface area contributed by atoms with E-state index in [-0.39, 0.29) is 5.60 Å². The zero-order valence-corrected chi connectivity index (χ0v) is 8.88. The predicted molar refractivity (Wildman–Crippen MR) is 54.3 cm³/mol. The van der Waals surface area contributed by atoms with E-state index in [1.54, 1.807) is 11.9 Å². The van der Waals surface area contributed by atoms with Gasteiger partial charge in [0.25, 0.3) is 0 Å². The summed E-state index contributed by atoms with van der Waals surface area (Å²) in [6.45, 7) is 4.32. The average molecular weight is 189 g/mol. The maximum Gasteiger partial charge on any atom is 0.0888 e. The molecule has 1 unspecified atom stereocenters. The predicted octanol–water partition coefficient (Wildman–Crippen LogP) is 2.20. The van der Waals surface area contributed by atoms with E-state index < -0.39 is 0 Å². The van der Waals surface area contributed by atoms with E-state index in [1.807, 2.05) is 0 Å². The van der Waals surface area contributed by atoms with Gasteiger partial charge in [-0.05, 0) is 26.0 Å². The Bertz CT molecular complexity index is 126. The van der Waals surface area contributed by atoms with Crippen LogP contribution in [0.3, 0.4) is 0 Å². The minimum absolute atomic E-state index is 0.271. The number of epoxide rings is 1. The van der Waals surface area contributed by atoms with Crippen LogP contribution in [0.1, 0.15) is 32.6 Å². The minimum atomic E-state index is 0.271. The zero-order chi connectivity index (χ0) is 8.86. The first kappa shape index (κ1) is 10.4. The third-order valence-corrected chi connectivity index (χ3v) is 2.76. The third kappa shape index (κ3) is 4.33. The summed E-state index contributed by atoms with van der Waals surface area (Å²) in [5.41, 5.74) is 0.271. The zero-order valence-electron chi connectivity index (χ0n) is 8.06. The quantitative estimate of drug-likeness (QED) is 0.377. The van der Waals surface area contributed by atoms with Crippen LogP contribution in [-0.2, 0) is 4.74 Å². The summed E-state index contributed by atoms with van der Waals surface area (Å²) in [6.07, 6.45) is 7.24. The van der Waals surface area contributed by atoms with Gasteiger partial charge < -0.3 is 4.74 Å².